The summed E-state index contributed by atoms with van der Waals surface area (Å²) in [4.78, 5) is 0. The minimum atomic E-state index is -0.812. The second-order valence-corrected chi connectivity index (χ2v) is 5.29. The van der Waals surface area contributed by atoms with Crippen LogP contribution in [0.2, 0.25) is 0 Å². The van der Waals surface area contributed by atoms with E-state index < -0.39 is 11.6 Å². The van der Waals surface area contributed by atoms with E-state index in [0.29, 0.717) is 18.2 Å². The van der Waals surface area contributed by atoms with Gasteiger partial charge in [0.15, 0.2) is 11.6 Å². The van der Waals surface area contributed by atoms with Crippen molar-refractivity contribution in [1.29, 1.82) is 0 Å². The van der Waals surface area contributed by atoms with Crippen LogP contribution in [0.15, 0.2) is 36.4 Å². The average molecular weight is 275 g/mol. The average Bonchev–Trinajstić information content (AvgIpc) is 2.41. The number of nitrogens with one attached hydrogen (secondary N) is 1. The maximum Gasteiger partial charge on any atom is 0.166 e. The maximum atomic E-state index is 13.9. The fourth-order valence-electron chi connectivity index (χ4n) is 2.10. The molecule has 2 aromatic carbocycles. The maximum absolute atomic E-state index is 13.9. The predicted octanol–water partition coefficient (Wildman–Crippen LogP) is 4.44. The molecule has 1 nitrogen and oxygen atoms in total. The summed E-state index contributed by atoms with van der Waals surface area (Å²) in [6, 6.07) is 10.5. The highest BCUT2D eigenvalue weighted by Gasteiger charge is 2.12. The molecule has 2 aromatic rings. The van der Waals surface area contributed by atoms with E-state index in [1.54, 1.807) is 6.07 Å². The minimum Gasteiger partial charge on any atom is -0.310 e. The van der Waals surface area contributed by atoms with Gasteiger partial charge in [0.2, 0.25) is 0 Å². The number of hydrogen-bond acceptors (Lipinski definition) is 1. The van der Waals surface area contributed by atoms with Crippen LogP contribution in [0.1, 0.15) is 25.0 Å². The fourth-order valence-corrected chi connectivity index (χ4v) is 2.10. The first kappa shape index (κ1) is 14.7. The Morgan fingerprint density at radius 1 is 1.05 bits per heavy atom. The van der Waals surface area contributed by atoms with Gasteiger partial charge in [0.05, 0.1) is 0 Å². The summed E-state index contributed by atoms with van der Waals surface area (Å²) < 4.78 is 27.3. The standard InChI is InChI=1S/C17H19F2N/c1-11(2)20-10-13-8-7-12(3)15(9-13)14-5-4-6-16(18)17(14)19/h4-9,11,20H,10H2,1-3H3. The van der Waals surface area contributed by atoms with Crippen LogP contribution in [0.25, 0.3) is 11.1 Å². The lowest BCUT2D eigenvalue weighted by molar-refractivity contribution is 0.511. The van der Waals surface area contributed by atoms with Crippen LogP contribution < -0.4 is 5.32 Å². The first-order valence-electron chi connectivity index (χ1n) is 6.76. The molecule has 0 saturated carbocycles. The second-order valence-electron chi connectivity index (χ2n) is 5.29. The van der Waals surface area contributed by atoms with Crippen molar-refractivity contribution in [3.63, 3.8) is 0 Å². The SMILES string of the molecule is Cc1ccc(CNC(C)C)cc1-c1cccc(F)c1F. The summed E-state index contributed by atoms with van der Waals surface area (Å²) in [6.07, 6.45) is 0. The third kappa shape index (κ3) is 3.23. The van der Waals surface area contributed by atoms with E-state index in [-0.39, 0.29) is 0 Å². The summed E-state index contributed by atoms with van der Waals surface area (Å²) in [6.45, 7) is 6.75. The van der Waals surface area contributed by atoms with Crippen molar-refractivity contribution >= 4 is 0 Å². The number of hydrogen-bond donors (Lipinski definition) is 1. The molecule has 0 amide bonds. The van der Waals surface area contributed by atoms with Gasteiger partial charge in [0.25, 0.3) is 0 Å². The number of rotatable bonds is 4. The molecule has 0 spiro atoms. The van der Waals surface area contributed by atoms with Crippen LogP contribution in [-0.2, 0) is 6.54 Å². The van der Waals surface area contributed by atoms with Gasteiger partial charge in [-0.1, -0.05) is 38.1 Å². The van der Waals surface area contributed by atoms with Crippen LogP contribution in [0, 0.1) is 18.6 Å². The zero-order valence-corrected chi connectivity index (χ0v) is 12.0. The molecule has 2 rings (SSSR count). The highest BCUT2D eigenvalue weighted by molar-refractivity contribution is 5.68. The summed E-state index contributed by atoms with van der Waals surface area (Å²) in [5.74, 6) is -1.60. The van der Waals surface area contributed by atoms with Gasteiger partial charge in [-0.3, -0.25) is 0 Å². The molecule has 0 fully saturated rings. The van der Waals surface area contributed by atoms with E-state index in [4.69, 9.17) is 0 Å². The molecule has 20 heavy (non-hydrogen) atoms. The number of halogens is 2. The largest absolute Gasteiger partial charge is 0.310 e. The first-order chi connectivity index (χ1) is 9.49. The Morgan fingerprint density at radius 3 is 2.50 bits per heavy atom. The summed E-state index contributed by atoms with van der Waals surface area (Å²) in [5.41, 5.74) is 3.05. The smallest absolute Gasteiger partial charge is 0.166 e. The summed E-state index contributed by atoms with van der Waals surface area (Å²) in [5, 5.41) is 3.32. The van der Waals surface area contributed by atoms with Crippen molar-refractivity contribution in [3.8, 4) is 11.1 Å². The quantitative estimate of drug-likeness (QED) is 0.870. The van der Waals surface area contributed by atoms with Crippen LogP contribution in [0.5, 0.6) is 0 Å². The van der Waals surface area contributed by atoms with Gasteiger partial charge in [0, 0.05) is 18.2 Å². The third-order valence-corrected chi connectivity index (χ3v) is 3.26. The lowest BCUT2D eigenvalue weighted by atomic mass is 9.97. The Bertz CT molecular complexity index is 606. The van der Waals surface area contributed by atoms with E-state index in [1.165, 1.54) is 6.07 Å². The topological polar surface area (TPSA) is 12.0 Å². The summed E-state index contributed by atoms with van der Waals surface area (Å²) >= 11 is 0. The Hall–Kier alpha value is -1.74. The molecule has 0 bridgehead atoms. The van der Waals surface area contributed by atoms with Crippen molar-refractivity contribution in [3.05, 3.63) is 59.2 Å². The predicted molar refractivity (Wildman–Crippen MR) is 78.5 cm³/mol. The number of benzene rings is 2. The van der Waals surface area contributed by atoms with Crippen LogP contribution in [0.3, 0.4) is 0 Å². The van der Waals surface area contributed by atoms with Gasteiger partial charge >= 0.3 is 0 Å². The van der Waals surface area contributed by atoms with Crippen molar-refractivity contribution in [2.75, 3.05) is 0 Å². The fraction of sp³-hybridized carbons (Fsp3) is 0.294. The van der Waals surface area contributed by atoms with Gasteiger partial charge < -0.3 is 5.32 Å². The zero-order valence-electron chi connectivity index (χ0n) is 12.0. The number of aryl methyl sites for hydroxylation is 1. The molecule has 0 aliphatic heterocycles. The molecule has 0 aromatic heterocycles. The van der Waals surface area contributed by atoms with Crippen LogP contribution in [-0.4, -0.2) is 6.04 Å². The van der Waals surface area contributed by atoms with Crippen molar-refractivity contribution in [2.45, 2.75) is 33.4 Å². The van der Waals surface area contributed by atoms with Gasteiger partial charge in [-0.2, -0.15) is 0 Å². The molecule has 0 aliphatic carbocycles. The molecule has 1 N–H and O–H groups in total. The molecular weight excluding hydrogens is 256 g/mol. The minimum absolute atomic E-state index is 0.314. The first-order valence-corrected chi connectivity index (χ1v) is 6.76. The molecule has 3 heteroatoms. The molecule has 0 aliphatic rings. The van der Waals surface area contributed by atoms with Gasteiger partial charge in [0.1, 0.15) is 0 Å². The normalized spacial score (nSPS) is 11.1. The lowest BCUT2D eigenvalue weighted by Crippen LogP contribution is -2.21. The molecule has 0 atom stereocenters. The van der Waals surface area contributed by atoms with Crippen LogP contribution in [0.4, 0.5) is 8.78 Å². The molecule has 0 unspecified atom stereocenters. The molecule has 0 radical (unpaired) electrons. The molecule has 0 saturated heterocycles. The molecule has 106 valence electrons. The van der Waals surface area contributed by atoms with Crippen molar-refractivity contribution in [2.24, 2.45) is 0 Å². The second kappa shape index (κ2) is 6.14. The third-order valence-electron chi connectivity index (χ3n) is 3.26. The van der Waals surface area contributed by atoms with E-state index in [9.17, 15) is 8.78 Å². The van der Waals surface area contributed by atoms with E-state index in [2.05, 4.69) is 19.2 Å². The highest BCUT2D eigenvalue weighted by Crippen LogP contribution is 2.28. The molecule has 0 heterocycles. The summed E-state index contributed by atoms with van der Waals surface area (Å²) in [7, 11) is 0. The Balaban J connectivity index is 2.40. The van der Waals surface area contributed by atoms with Gasteiger partial charge in [-0.15, -0.1) is 0 Å². The van der Waals surface area contributed by atoms with Crippen molar-refractivity contribution in [1.82, 2.24) is 5.32 Å². The Labute approximate surface area is 118 Å². The molecular formula is C17H19F2N. The van der Waals surface area contributed by atoms with Crippen LogP contribution >= 0.6 is 0 Å². The zero-order chi connectivity index (χ0) is 14.7. The van der Waals surface area contributed by atoms with Gasteiger partial charge in [-0.25, -0.2) is 8.78 Å². The van der Waals surface area contributed by atoms with Gasteiger partial charge in [-0.05, 0) is 35.7 Å². The highest BCUT2D eigenvalue weighted by atomic mass is 19.2. The lowest BCUT2D eigenvalue weighted by Gasteiger charge is -2.12. The van der Waals surface area contributed by atoms with E-state index >= 15 is 0 Å². The van der Waals surface area contributed by atoms with E-state index in [1.807, 2.05) is 25.1 Å². The monoisotopic (exact) mass is 275 g/mol. The Morgan fingerprint density at radius 2 is 1.80 bits per heavy atom. The Kier molecular flexibility index (Phi) is 4.50. The van der Waals surface area contributed by atoms with Crippen molar-refractivity contribution < 1.29 is 8.78 Å². The van der Waals surface area contributed by atoms with E-state index in [0.717, 1.165) is 22.8 Å².